The van der Waals surface area contributed by atoms with Gasteiger partial charge in [0.15, 0.2) is 0 Å². The molecule has 98 valence electrons. The molecule has 0 unspecified atom stereocenters. The zero-order chi connectivity index (χ0) is 13.8. The maximum atomic E-state index is 11.8. The molecule has 0 bridgehead atoms. The van der Waals surface area contributed by atoms with Crippen molar-refractivity contribution in [3.05, 3.63) is 40.9 Å². The van der Waals surface area contributed by atoms with Gasteiger partial charge in [-0.25, -0.2) is 0 Å². The van der Waals surface area contributed by atoms with Crippen LogP contribution in [0.25, 0.3) is 6.08 Å². The number of amides is 1. The van der Waals surface area contributed by atoms with Gasteiger partial charge in [-0.15, -0.1) is 0 Å². The summed E-state index contributed by atoms with van der Waals surface area (Å²) in [5.74, 6) is -0.155. The molecule has 0 saturated heterocycles. The van der Waals surface area contributed by atoms with Crippen LogP contribution in [0.3, 0.4) is 0 Å². The fraction of sp³-hybridized carbons (Fsp3) is 0.357. The molecule has 1 rings (SSSR count). The Hall–Kier alpha value is -1.32. The Morgan fingerprint density at radius 3 is 2.72 bits per heavy atom. The highest BCUT2D eigenvalue weighted by atomic mass is 35.5. The van der Waals surface area contributed by atoms with Crippen LogP contribution >= 0.6 is 11.6 Å². The third kappa shape index (κ3) is 5.34. The van der Waals surface area contributed by atoms with Crippen molar-refractivity contribution >= 4 is 23.6 Å². The number of hydrogen-bond acceptors (Lipinski definition) is 2. The summed E-state index contributed by atoms with van der Waals surface area (Å²) in [5.41, 5.74) is -0.0265. The molecular formula is C14H18ClNO2. The summed E-state index contributed by atoms with van der Waals surface area (Å²) < 4.78 is 0. The Morgan fingerprint density at radius 2 is 2.17 bits per heavy atom. The third-order valence-electron chi connectivity index (χ3n) is 2.27. The average molecular weight is 268 g/mol. The van der Waals surface area contributed by atoms with E-state index in [1.165, 1.54) is 11.0 Å². The summed E-state index contributed by atoms with van der Waals surface area (Å²) in [4.78, 5) is 13.2. The van der Waals surface area contributed by atoms with Crippen LogP contribution in [-0.4, -0.2) is 35.1 Å². The number of nitrogens with zero attached hydrogens (tertiary/aromatic N) is 1. The topological polar surface area (TPSA) is 40.5 Å². The lowest BCUT2D eigenvalue weighted by atomic mass is 10.1. The lowest BCUT2D eigenvalue weighted by molar-refractivity contribution is -0.127. The van der Waals surface area contributed by atoms with Gasteiger partial charge in [0.25, 0.3) is 0 Å². The van der Waals surface area contributed by atoms with Crippen LogP contribution in [0.1, 0.15) is 19.4 Å². The molecule has 0 fully saturated rings. The summed E-state index contributed by atoms with van der Waals surface area (Å²) in [7, 11) is 1.66. The summed E-state index contributed by atoms with van der Waals surface area (Å²) in [6.07, 6.45) is 3.17. The number of halogens is 1. The van der Waals surface area contributed by atoms with E-state index in [9.17, 15) is 9.90 Å². The highest BCUT2D eigenvalue weighted by molar-refractivity contribution is 6.30. The molecule has 1 aromatic carbocycles. The van der Waals surface area contributed by atoms with Crippen molar-refractivity contribution in [1.29, 1.82) is 0 Å². The Morgan fingerprint density at radius 1 is 1.50 bits per heavy atom. The summed E-state index contributed by atoms with van der Waals surface area (Å²) in [5, 5.41) is 10.3. The Bertz CT molecular complexity index is 449. The van der Waals surface area contributed by atoms with Gasteiger partial charge in [-0.3, -0.25) is 4.79 Å². The molecule has 18 heavy (non-hydrogen) atoms. The second-order valence-electron chi connectivity index (χ2n) is 4.90. The summed E-state index contributed by atoms with van der Waals surface area (Å²) in [6.45, 7) is 3.61. The number of hydrogen-bond donors (Lipinski definition) is 1. The van der Waals surface area contributed by atoms with Gasteiger partial charge in [-0.1, -0.05) is 23.7 Å². The maximum absolute atomic E-state index is 11.8. The van der Waals surface area contributed by atoms with Gasteiger partial charge in [-0.05, 0) is 37.6 Å². The number of benzene rings is 1. The highest BCUT2D eigenvalue weighted by Crippen LogP contribution is 2.12. The van der Waals surface area contributed by atoms with Crippen LogP contribution in [0.5, 0.6) is 0 Å². The van der Waals surface area contributed by atoms with E-state index in [0.717, 1.165) is 5.56 Å². The number of carbonyl (C=O) groups excluding carboxylic acids is 1. The first-order valence-electron chi connectivity index (χ1n) is 5.69. The number of carbonyl (C=O) groups is 1. The van der Waals surface area contributed by atoms with Crippen molar-refractivity contribution in [3.8, 4) is 0 Å². The van der Waals surface area contributed by atoms with E-state index in [4.69, 9.17) is 11.6 Å². The number of rotatable bonds is 4. The molecule has 0 radical (unpaired) electrons. The molecule has 0 heterocycles. The largest absolute Gasteiger partial charge is 0.389 e. The Labute approximate surface area is 113 Å². The van der Waals surface area contributed by atoms with E-state index in [2.05, 4.69) is 0 Å². The van der Waals surface area contributed by atoms with Gasteiger partial charge < -0.3 is 10.0 Å². The molecule has 1 amide bonds. The minimum Gasteiger partial charge on any atom is -0.389 e. The van der Waals surface area contributed by atoms with Crippen molar-refractivity contribution in [2.45, 2.75) is 19.4 Å². The SMILES string of the molecule is CN(CC(C)(C)O)C(=O)C=Cc1cccc(Cl)c1. The number of aliphatic hydroxyl groups is 1. The zero-order valence-corrected chi connectivity index (χ0v) is 11.6. The van der Waals surface area contributed by atoms with Crippen LogP contribution in [-0.2, 0) is 4.79 Å². The van der Waals surface area contributed by atoms with Crippen LogP contribution < -0.4 is 0 Å². The van der Waals surface area contributed by atoms with Crippen molar-refractivity contribution in [2.75, 3.05) is 13.6 Å². The lowest BCUT2D eigenvalue weighted by Crippen LogP contribution is -2.38. The Balaban J connectivity index is 2.64. The number of likely N-dealkylation sites (N-methyl/N-ethyl adjacent to an activating group) is 1. The highest BCUT2D eigenvalue weighted by Gasteiger charge is 2.17. The first-order valence-corrected chi connectivity index (χ1v) is 6.07. The van der Waals surface area contributed by atoms with E-state index in [0.29, 0.717) is 5.02 Å². The standard InChI is InChI=1S/C14H18ClNO2/c1-14(2,18)10-16(3)13(17)8-7-11-5-4-6-12(15)9-11/h4-9,18H,10H2,1-3H3. The van der Waals surface area contributed by atoms with E-state index in [1.54, 1.807) is 39.1 Å². The van der Waals surface area contributed by atoms with Gasteiger partial charge >= 0.3 is 0 Å². The molecule has 0 aliphatic rings. The molecule has 1 aromatic rings. The van der Waals surface area contributed by atoms with Crippen molar-refractivity contribution in [2.24, 2.45) is 0 Å². The van der Waals surface area contributed by atoms with Gasteiger partial charge in [0.2, 0.25) is 5.91 Å². The average Bonchev–Trinajstić information content (AvgIpc) is 2.23. The molecular weight excluding hydrogens is 250 g/mol. The monoisotopic (exact) mass is 267 g/mol. The van der Waals surface area contributed by atoms with Crippen molar-refractivity contribution < 1.29 is 9.90 Å². The third-order valence-corrected chi connectivity index (χ3v) is 2.50. The molecule has 0 atom stereocenters. The van der Waals surface area contributed by atoms with Crippen molar-refractivity contribution in [3.63, 3.8) is 0 Å². The van der Waals surface area contributed by atoms with E-state index in [-0.39, 0.29) is 12.5 Å². The maximum Gasteiger partial charge on any atom is 0.246 e. The van der Waals surface area contributed by atoms with Crippen molar-refractivity contribution in [1.82, 2.24) is 4.90 Å². The predicted octanol–water partition coefficient (Wildman–Crippen LogP) is 2.58. The van der Waals surface area contributed by atoms with Gasteiger partial charge in [-0.2, -0.15) is 0 Å². The summed E-state index contributed by atoms with van der Waals surface area (Å²) in [6, 6.07) is 7.25. The van der Waals surface area contributed by atoms with Gasteiger partial charge in [0.05, 0.1) is 5.60 Å². The second-order valence-corrected chi connectivity index (χ2v) is 5.33. The fourth-order valence-corrected chi connectivity index (χ4v) is 1.76. The molecule has 4 heteroatoms. The van der Waals surface area contributed by atoms with Gasteiger partial charge in [0, 0.05) is 24.7 Å². The molecule has 0 spiro atoms. The van der Waals surface area contributed by atoms with Gasteiger partial charge in [0.1, 0.15) is 0 Å². The van der Waals surface area contributed by atoms with Crippen LogP contribution in [0.2, 0.25) is 5.02 Å². The molecule has 0 aliphatic carbocycles. The minimum atomic E-state index is -0.895. The van der Waals surface area contributed by atoms with Crippen LogP contribution in [0.15, 0.2) is 30.3 Å². The first kappa shape index (κ1) is 14.7. The minimum absolute atomic E-state index is 0.155. The Kier molecular flexibility index (Phi) is 4.93. The normalized spacial score (nSPS) is 11.8. The molecule has 0 saturated carbocycles. The molecule has 0 aromatic heterocycles. The van der Waals surface area contributed by atoms with E-state index < -0.39 is 5.60 Å². The zero-order valence-electron chi connectivity index (χ0n) is 10.9. The predicted molar refractivity (Wildman–Crippen MR) is 74.4 cm³/mol. The lowest BCUT2D eigenvalue weighted by Gasteiger charge is -2.24. The van der Waals surface area contributed by atoms with Crippen LogP contribution in [0.4, 0.5) is 0 Å². The first-order chi connectivity index (χ1) is 8.28. The molecule has 1 N–H and O–H groups in total. The second kappa shape index (κ2) is 6.03. The van der Waals surface area contributed by atoms with E-state index >= 15 is 0 Å². The molecule has 0 aliphatic heterocycles. The van der Waals surface area contributed by atoms with E-state index in [1.807, 2.05) is 12.1 Å². The summed E-state index contributed by atoms with van der Waals surface area (Å²) >= 11 is 5.85. The smallest absolute Gasteiger partial charge is 0.246 e. The molecule has 3 nitrogen and oxygen atoms in total. The van der Waals surface area contributed by atoms with Crippen LogP contribution in [0, 0.1) is 0 Å². The fourth-order valence-electron chi connectivity index (χ4n) is 1.56. The quantitative estimate of drug-likeness (QED) is 0.852.